The molecule has 0 unspecified atom stereocenters. The van der Waals surface area contributed by atoms with Gasteiger partial charge in [0.1, 0.15) is 32.2 Å². The first-order valence-corrected chi connectivity index (χ1v) is 10.9. The van der Waals surface area contributed by atoms with Gasteiger partial charge in [-0.15, -0.1) is 0 Å². The van der Waals surface area contributed by atoms with Gasteiger partial charge >= 0.3 is 24.1 Å². The van der Waals surface area contributed by atoms with Gasteiger partial charge < -0.3 is 34.3 Å². The highest BCUT2D eigenvalue weighted by atomic mass is 16.6. The lowest BCUT2D eigenvalue weighted by Gasteiger charge is -2.10. The molecule has 1 aromatic carbocycles. The minimum atomic E-state index is -0.646. The summed E-state index contributed by atoms with van der Waals surface area (Å²) in [6.07, 6.45) is -0.746. The molecule has 0 aliphatic carbocycles. The smallest absolute Gasteiger partial charge is 0.407 e. The first-order chi connectivity index (χ1) is 16.7. The first kappa shape index (κ1) is 29.0. The average Bonchev–Trinajstić information content (AvgIpc) is 2.82. The number of amides is 2. The lowest BCUT2D eigenvalue weighted by atomic mass is 10.1. The Morgan fingerprint density at radius 3 is 1.66 bits per heavy atom. The molecular weight excluding hydrogens is 460 g/mol. The minimum Gasteiger partial charge on any atom is -0.490 e. The molecule has 1 rings (SSSR count). The Bertz CT molecular complexity index is 881. The van der Waals surface area contributed by atoms with E-state index in [0.29, 0.717) is 12.2 Å². The molecular formula is C24H32N2O9. The van der Waals surface area contributed by atoms with Gasteiger partial charge in [-0.1, -0.05) is 25.3 Å². The van der Waals surface area contributed by atoms with Crippen LogP contribution in [0.3, 0.4) is 0 Å². The molecule has 35 heavy (non-hydrogen) atoms. The zero-order chi connectivity index (χ0) is 26.1. The van der Waals surface area contributed by atoms with Gasteiger partial charge in [-0.25, -0.2) is 19.2 Å². The molecule has 0 radical (unpaired) electrons. The minimum absolute atomic E-state index is 0.0202. The molecule has 0 saturated heterocycles. The highest BCUT2D eigenvalue weighted by Gasteiger charge is 2.06. The normalized spacial score (nSPS) is 9.89. The van der Waals surface area contributed by atoms with Crippen LogP contribution in [0.5, 0.6) is 5.75 Å². The van der Waals surface area contributed by atoms with Crippen molar-refractivity contribution in [3.05, 3.63) is 54.1 Å². The molecule has 0 fully saturated rings. The number of carbonyl (C=O) groups is 4. The van der Waals surface area contributed by atoms with Gasteiger partial charge in [-0.2, -0.15) is 0 Å². The fourth-order valence-electron chi connectivity index (χ4n) is 2.25. The Labute approximate surface area is 204 Å². The Morgan fingerprint density at radius 2 is 1.17 bits per heavy atom. The van der Waals surface area contributed by atoms with E-state index in [1.54, 1.807) is 12.1 Å². The lowest BCUT2D eigenvalue weighted by Crippen LogP contribution is -2.29. The third kappa shape index (κ3) is 14.0. The predicted octanol–water partition coefficient (Wildman–Crippen LogP) is 2.30. The van der Waals surface area contributed by atoms with Crippen LogP contribution in [0, 0.1) is 0 Å². The maximum Gasteiger partial charge on any atom is 0.407 e. The molecule has 2 N–H and O–H groups in total. The summed E-state index contributed by atoms with van der Waals surface area (Å²) in [5, 5.41) is 4.93. The first-order valence-electron chi connectivity index (χ1n) is 10.9. The summed E-state index contributed by atoms with van der Waals surface area (Å²) in [4.78, 5) is 45.5. The van der Waals surface area contributed by atoms with Crippen molar-refractivity contribution >= 4 is 24.1 Å². The SMILES string of the molecule is C=C(C)C(=O)OCCNC(=O)OCCOc1ccc(CCOC(=O)NCCOC(=O)C(=C)C)cc1. The Hall–Kier alpha value is -4.02. The van der Waals surface area contributed by atoms with Crippen LogP contribution in [0.1, 0.15) is 19.4 Å². The molecule has 192 valence electrons. The zero-order valence-corrected chi connectivity index (χ0v) is 20.1. The third-order valence-electron chi connectivity index (χ3n) is 4.04. The summed E-state index contributed by atoms with van der Waals surface area (Å²) in [6, 6.07) is 7.16. The zero-order valence-electron chi connectivity index (χ0n) is 20.1. The largest absolute Gasteiger partial charge is 0.490 e. The van der Waals surface area contributed by atoms with Gasteiger partial charge in [0.25, 0.3) is 0 Å². The highest BCUT2D eigenvalue weighted by Crippen LogP contribution is 2.12. The van der Waals surface area contributed by atoms with Gasteiger partial charge in [0.2, 0.25) is 0 Å². The van der Waals surface area contributed by atoms with Crippen LogP contribution in [0.25, 0.3) is 0 Å². The summed E-state index contributed by atoms with van der Waals surface area (Å²) in [5.41, 5.74) is 1.51. The number of ether oxygens (including phenoxy) is 5. The highest BCUT2D eigenvalue weighted by molar-refractivity contribution is 5.87. The van der Waals surface area contributed by atoms with E-state index < -0.39 is 24.1 Å². The van der Waals surface area contributed by atoms with Crippen molar-refractivity contribution in [2.24, 2.45) is 0 Å². The summed E-state index contributed by atoms with van der Waals surface area (Å²) in [6.45, 7) is 10.7. The molecule has 1 aromatic rings. The number of alkyl carbamates (subject to hydrolysis) is 2. The van der Waals surface area contributed by atoms with E-state index in [1.807, 2.05) is 12.1 Å². The molecule has 0 aliphatic rings. The second kappa shape index (κ2) is 16.6. The number of esters is 2. The van der Waals surface area contributed by atoms with E-state index in [4.69, 9.17) is 23.7 Å². The van der Waals surface area contributed by atoms with E-state index >= 15 is 0 Å². The van der Waals surface area contributed by atoms with E-state index in [9.17, 15) is 19.2 Å². The van der Waals surface area contributed by atoms with Crippen molar-refractivity contribution in [1.82, 2.24) is 10.6 Å². The van der Waals surface area contributed by atoms with Gasteiger partial charge in [0, 0.05) is 17.6 Å². The maximum absolute atomic E-state index is 11.6. The molecule has 2 amide bonds. The Balaban J connectivity index is 2.11. The van der Waals surface area contributed by atoms with Crippen molar-refractivity contribution in [2.45, 2.75) is 20.3 Å². The van der Waals surface area contributed by atoms with Gasteiger partial charge in [-0.05, 0) is 31.5 Å². The molecule has 0 spiro atoms. The topological polar surface area (TPSA) is 138 Å². The van der Waals surface area contributed by atoms with Crippen LogP contribution in [-0.4, -0.2) is 70.2 Å². The van der Waals surface area contributed by atoms with Crippen molar-refractivity contribution in [2.75, 3.05) is 46.1 Å². The number of hydrogen-bond donors (Lipinski definition) is 2. The number of rotatable bonds is 15. The van der Waals surface area contributed by atoms with Crippen molar-refractivity contribution in [1.29, 1.82) is 0 Å². The van der Waals surface area contributed by atoms with Crippen LogP contribution < -0.4 is 15.4 Å². The monoisotopic (exact) mass is 492 g/mol. The van der Waals surface area contributed by atoms with Crippen LogP contribution >= 0.6 is 0 Å². The van der Waals surface area contributed by atoms with Crippen LogP contribution in [0.4, 0.5) is 9.59 Å². The third-order valence-corrected chi connectivity index (χ3v) is 4.04. The molecule has 0 heterocycles. The number of benzene rings is 1. The summed E-state index contributed by atoms with van der Waals surface area (Å²) < 4.78 is 25.2. The van der Waals surface area contributed by atoms with Crippen LogP contribution in [-0.2, 0) is 35.0 Å². The van der Waals surface area contributed by atoms with Crippen LogP contribution in [0.2, 0.25) is 0 Å². The Kier molecular flexibility index (Phi) is 13.7. The average molecular weight is 493 g/mol. The predicted molar refractivity (Wildman–Crippen MR) is 126 cm³/mol. The molecule has 0 bridgehead atoms. The van der Waals surface area contributed by atoms with Crippen molar-refractivity contribution in [3.8, 4) is 5.75 Å². The number of nitrogens with one attached hydrogen (secondary N) is 2. The quantitative estimate of drug-likeness (QED) is 0.163. The van der Waals surface area contributed by atoms with Gasteiger partial charge in [0.05, 0.1) is 19.7 Å². The summed E-state index contributed by atoms with van der Waals surface area (Å²) in [7, 11) is 0. The molecule has 0 atom stereocenters. The van der Waals surface area contributed by atoms with E-state index in [1.165, 1.54) is 13.8 Å². The number of carbonyl (C=O) groups excluding carboxylic acids is 4. The number of hydrogen-bond acceptors (Lipinski definition) is 9. The fraction of sp³-hybridized carbons (Fsp3) is 0.417. The van der Waals surface area contributed by atoms with Crippen LogP contribution in [0.15, 0.2) is 48.6 Å². The van der Waals surface area contributed by atoms with E-state index in [0.717, 1.165) is 5.56 Å². The summed E-state index contributed by atoms with van der Waals surface area (Å²) >= 11 is 0. The van der Waals surface area contributed by atoms with Gasteiger partial charge in [-0.3, -0.25) is 0 Å². The molecule has 11 heteroatoms. The lowest BCUT2D eigenvalue weighted by molar-refractivity contribution is -0.139. The standard InChI is InChI=1S/C24H32N2O9/c1-17(2)21(27)32-13-10-25-23(29)34-12-9-19-5-7-20(8-6-19)31-15-16-35-24(30)26-11-14-33-22(28)18(3)4/h5-8H,1,3,9-16H2,2,4H3,(H,25,29)(H,26,30). The molecule has 0 aromatic heterocycles. The Morgan fingerprint density at radius 1 is 0.686 bits per heavy atom. The van der Waals surface area contributed by atoms with Gasteiger partial charge in [0.15, 0.2) is 0 Å². The molecule has 11 nitrogen and oxygen atoms in total. The second-order valence-corrected chi connectivity index (χ2v) is 7.20. The second-order valence-electron chi connectivity index (χ2n) is 7.20. The van der Waals surface area contributed by atoms with E-state index in [2.05, 4.69) is 23.8 Å². The fourth-order valence-corrected chi connectivity index (χ4v) is 2.25. The summed E-state index contributed by atoms with van der Waals surface area (Å²) in [5.74, 6) is -0.442. The maximum atomic E-state index is 11.6. The molecule has 0 saturated carbocycles. The van der Waals surface area contributed by atoms with Crippen molar-refractivity contribution in [3.63, 3.8) is 0 Å². The molecule has 0 aliphatic heterocycles. The van der Waals surface area contributed by atoms with Crippen molar-refractivity contribution < 1.29 is 42.9 Å². The van der Waals surface area contributed by atoms with E-state index in [-0.39, 0.29) is 57.3 Å².